The molecule has 9 heteroatoms. The third-order valence-corrected chi connectivity index (χ3v) is 8.52. The molecule has 0 radical (unpaired) electrons. The number of rotatable bonds is 9. The normalized spacial score (nSPS) is 20.8. The van der Waals surface area contributed by atoms with Crippen molar-refractivity contribution in [2.75, 3.05) is 31.2 Å². The molecule has 1 amide bonds. The predicted octanol–water partition coefficient (Wildman–Crippen LogP) is 5.65. The van der Waals surface area contributed by atoms with Gasteiger partial charge in [0, 0.05) is 43.6 Å². The van der Waals surface area contributed by atoms with Gasteiger partial charge in [0.25, 0.3) is 0 Å². The first-order chi connectivity index (χ1) is 20.5. The Kier molecular flexibility index (Phi) is 7.71. The van der Waals surface area contributed by atoms with Crippen LogP contribution in [0.25, 0.3) is 0 Å². The first-order valence-corrected chi connectivity index (χ1v) is 15.1. The lowest BCUT2D eigenvalue weighted by Crippen LogP contribution is -2.66. The molecule has 6 rings (SSSR count). The standard InChI is InChI=1S/C34H42N4O5/c1-32(2,3)43-31(39)36-25-16-28(17-25)42-27-12-8-24(9-13-27)33(4,5)23-6-10-26(11-7-23)41-18-29-35-15-14-30(37-29)38-19-34(20-38)21-40-22-34/h6-15,25,28H,16-22H2,1-5H3,(H,36,39). The number of nitrogens with zero attached hydrogens (tertiary/aromatic N) is 3. The van der Waals surface area contributed by atoms with Gasteiger partial charge in [-0.15, -0.1) is 0 Å². The number of anilines is 1. The second-order valence-corrected chi connectivity index (χ2v) is 13.7. The number of amides is 1. The smallest absolute Gasteiger partial charge is 0.407 e. The fraction of sp³-hybridized carbons (Fsp3) is 0.500. The second kappa shape index (κ2) is 11.3. The lowest BCUT2D eigenvalue weighted by atomic mass is 9.78. The summed E-state index contributed by atoms with van der Waals surface area (Å²) in [6, 6.07) is 18.6. The number of carbonyl (C=O) groups excluding carboxylic acids is 1. The molecule has 1 aliphatic carbocycles. The summed E-state index contributed by atoms with van der Waals surface area (Å²) in [5.41, 5.74) is 2.03. The van der Waals surface area contributed by atoms with Gasteiger partial charge < -0.3 is 29.2 Å². The van der Waals surface area contributed by atoms with E-state index in [9.17, 15) is 4.79 Å². The molecule has 2 aliphatic heterocycles. The Morgan fingerprint density at radius 1 is 0.953 bits per heavy atom. The Balaban J connectivity index is 0.977. The lowest BCUT2D eigenvalue weighted by molar-refractivity contribution is -0.127. The largest absolute Gasteiger partial charge is 0.490 e. The number of hydrogen-bond donors (Lipinski definition) is 1. The van der Waals surface area contributed by atoms with Gasteiger partial charge in [-0.2, -0.15) is 0 Å². The highest BCUT2D eigenvalue weighted by Crippen LogP contribution is 2.39. The highest BCUT2D eigenvalue weighted by Gasteiger charge is 2.49. The van der Waals surface area contributed by atoms with Crippen LogP contribution >= 0.6 is 0 Å². The van der Waals surface area contributed by atoms with E-state index in [4.69, 9.17) is 23.9 Å². The van der Waals surface area contributed by atoms with Gasteiger partial charge in [-0.3, -0.25) is 0 Å². The molecule has 0 unspecified atom stereocenters. The molecular weight excluding hydrogens is 544 g/mol. The molecule has 1 N–H and O–H groups in total. The predicted molar refractivity (Wildman–Crippen MR) is 164 cm³/mol. The van der Waals surface area contributed by atoms with Gasteiger partial charge in [0.1, 0.15) is 35.6 Å². The van der Waals surface area contributed by atoms with E-state index in [-0.39, 0.29) is 23.7 Å². The maximum Gasteiger partial charge on any atom is 0.407 e. The molecule has 1 spiro atoms. The third-order valence-electron chi connectivity index (χ3n) is 8.52. The van der Waals surface area contributed by atoms with Crippen LogP contribution < -0.4 is 19.7 Å². The highest BCUT2D eigenvalue weighted by atomic mass is 16.6. The number of ether oxygens (including phenoxy) is 4. The Labute approximate surface area is 253 Å². The van der Waals surface area contributed by atoms with Crippen LogP contribution in [0.3, 0.4) is 0 Å². The van der Waals surface area contributed by atoms with Crippen molar-refractivity contribution in [3.63, 3.8) is 0 Å². The van der Waals surface area contributed by atoms with Gasteiger partial charge >= 0.3 is 6.09 Å². The molecule has 0 bridgehead atoms. The minimum Gasteiger partial charge on any atom is -0.490 e. The number of alkyl carbamates (subject to hydrolysis) is 1. The molecule has 228 valence electrons. The summed E-state index contributed by atoms with van der Waals surface area (Å²) in [5.74, 6) is 3.24. The van der Waals surface area contributed by atoms with E-state index < -0.39 is 5.60 Å². The monoisotopic (exact) mass is 586 g/mol. The number of nitrogens with one attached hydrogen (secondary N) is 1. The minimum absolute atomic E-state index is 0.0866. The molecule has 3 aromatic rings. The van der Waals surface area contributed by atoms with Crippen molar-refractivity contribution in [3.05, 3.63) is 77.7 Å². The van der Waals surface area contributed by atoms with E-state index in [1.807, 2.05) is 51.1 Å². The van der Waals surface area contributed by atoms with Crippen molar-refractivity contribution in [1.82, 2.24) is 15.3 Å². The molecule has 3 aliphatic rings. The Morgan fingerprint density at radius 2 is 1.58 bits per heavy atom. The zero-order valence-corrected chi connectivity index (χ0v) is 25.8. The topological polar surface area (TPSA) is 95.0 Å². The maximum atomic E-state index is 12.0. The molecule has 3 heterocycles. The van der Waals surface area contributed by atoms with Crippen LogP contribution in [0, 0.1) is 5.41 Å². The summed E-state index contributed by atoms with van der Waals surface area (Å²) in [6.45, 7) is 14.0. The molecule has 2 aromatic carbocycles. The maximum absolute atomic E-state index is 12.0. The molecular formula is C34H42N4O5. The molecule has 43 heavy (non-hydrogen) atoms. The van der Waals surface area contributed by atoms with Crippen LogP contribution in [0.15, 0.2) is 60.8 Å². The van der Waals surface area contributed by atoms with Crippen LogP contribution in [0.1, 0.15) is 64.4 Å². The van der Waals surface area contributed by atoms with E-state index in [1.165, 1.54) is 11.1 Å². The van der Waals surface area contributed by atoms with Crippen LogP contribution in [0.4, 0.5) is 10.6 Å². The van der Waals surface area contributed by atoms with Crippen LogP contribution in [-0.2, 0) is 21.5 Å². The van der Waals surface area contributed by atoms with E-state index in [0.29, 0.717) is 17.8 Å². The van der Waals surface area contributed by atoms with Gasteiger partial charge in [-0.25, -0.2) is 14.8 Å². The second-order valence-electron chi connectivity index (χ2n) is 13.7. The van der Waals surface area contributed by atoms with E-state index in [2.05, 4.69) is 53.3 Å². The summed E-state index contributed by atoms with van der Waals surface area (Å²) in [6.07, 6.45) is 3.06. The SMILES string of the molecule is CC(C)(C)OC(=O)NC1CC(Oc2ccc(C(C)(C)c3ccc(OCc4nccc(N5CC6(COC6)C5)n4)cc3)cc2)C1. The average molecular weight is 587 g/mol. The van der Waals surface area contributed by atoms with Gasteiger partial charge in [0.05, 0.1) is 18.6 Å². The van der Waals surface area contributed by atoms with Gasteiger partial charge in [0.2, 0.25) is 0 Å². The zero-order chi connectivity index (χ0) is 30.2. The van der Waals surface area contributed by atoms with Crippen LogP contribution in [-0.4, -0.2) is 60.1 Å². The summed E-state index contributed by atoms with van der Waals surface area (Å²) >= 11 is 0. The summed E-state index contributed by atoms with van der Waals surface area (Å²) < 4.78 is 22.9. The summed E-state index contributed by atoms with van der Waals surface area (Å²) in [5, 5.41) is 2.91. The van der Waals surface area contributed by atoms with Gasteiger partial charge in [-0.05, 0) is 62.2 Å². The van der Waals surface area contributed by atoms with Crippen molar-refractivity contribution in [3.8, 4) is 11.5 Å². The fourth-order valence-corrected chi connectivity index (χ4v) is 5.81. The van der Waals surface area contributed by atoms with Crippen LogP contribution in [0.2, 0.25) is 0 Å². The van der Waals surface area contributed by atoms with Crippen molar-refractivity contribution >= 4 is 11.9 Å². The number of benzene rings is 2. The van der Waals surface area contributed by atoms with Gasteiger partial charge in [-0.1, -0.05) is 38.1 Å². The molecule has 9 nitrogen and oxygen atoms in total. The van der Waals surface area contributed by atoms with Crippen molar-refractivity contribution < 1.29 is 23.7 Å². The van der Waals surface area contributed by atoms with Crippen molar-refractivity contribution in [2.24, 2.45) is 5.41 Å². The van der Waals surface area contributed by atoms with Gasteiger partial charge in [0.15, 0.2) is 5.82 Å². The van der Waals surface area contributed by atoms with E-state index in [1.54, 1.807) is 6.20 Å². The Bertz CT molecular complexity index is 1420. The van der Waals surface area contributed by atoms with Crippen molar-refractivity contribution in [2.45, 2.75) is 77.2 Å². The summed E-state index contributed by atoms with van der Waals surface area (Å²) in [4.78, 5) is 23.4. The minimum atomic E-state index is -0.499. The zero-order valence-electron chi connectivity index (χ0n) is 25.8. The van der Waals surface area contributed by atoms with E-state index in [0.717, 1.165) is 56.5 Å². The van der Waals surface area contributed by atoms with Crippen LogP contribution in [0.5, 0.6) is 11.5 Å². The first kappa shape index (κ1) is 29.2. The third kappa shape index (κ3) is 6.72. The van der Waals surface area contributed by atoms with Crippen molar-refractivity contribution in [1.29, 1.82) is 0 Å². The Morgan fingerprint density at radius 3 is 2.16 bits per heavy atom. The summed E-state index contributed by atoms with van der Waals surface area (Å²) in [7, 11) is 0. The molecule has 1 saturated carbocycles. The lowest BCUT2D eigenvalue weighted by Gasteiger charge is -2.55. The quantitative estimate of drug-likeness (QED) is 0.344. The Hall–Kier alpha value is -3.85. The van der Waals surface area contributed by atoms with E-state index >= 15 is 0 Å². The molecule has 3 fully saturated rings. The molecule has 1 aromatic heterocycles. The molecule has 2 saturated heterocycles. The number of aromatic nitrogens is 2. The average Bonchev–Trinajstić information content (AvgIpc) is 2.89. The molecule has 0 atom stereocenters. The first-order valence-electron chi connectivity index (χ1n) is 15.1. The number of carbonyl (C=O) groups is 1. The highest BCUT2D eigenvalue weighted by molar-refractivity contribution is 5.68. The fourth-order valence-electron chi connectivity index (χ4n) is 5.81. The number of hydrogen-bond acceptors (Lipinski definition) is 8.